The summed E-state index contributed by atoms with van der Waals surface area (Å²) in [5.41, 5.74) is 1.74. The lowest BCUT2D eigenvalue weighted by Crippen LogP contribution is -2.40. The zero-order chi connectivity index (χ0) is 18.6. The van der Waals surface area contributed by atoms with Crippen molar-refractivity contribution in [3.8, 4) is 0 Å². The van der Waals surface area contributed by atoms with Crippen molar-refractivity contribution in [3.05, 3.63) is 53.7 Å². The van der Waals surface area contributed by atoms with Crippen LogP contribution in [0.25, 0.3) is 0 Å². The Morgan fingerprint density at radius 2 is 1.89 bits per heavy atom. The minimum atomic E-state index is -0.0268. The Morgan fingerprint density at radius 1 is 1.19 bits per heavy atom. The van der Waals surface area contributed by atoms with E-state index in [4.69, 9.17) is 4.42 Å². The van der Waals surface area contributed by atoms with Crippen LogP contribution in [0, 0.1) is 5.41 Å². The van der Waals surface area contributed by atoms with E-state index in [9.17, 15) is 0 Å². The number of hydrogen-bond donors (Lipinski definition) is 2. The van der Waals surface area contributed by atoms with Gasteiger partial charge in [-0.3, -0.25) is 4.99 Å². The maximum Gasteiger partial charge on any atom is 0.213 e. The Morgan fingerprint density at radius 3 is 2.44 bits per heavy atom. The minimum Gasteiger partial charge on any atom is -0.443 e. The number of aliphatic imine (C=N–C) groups is 1. The average Bonchev–Trinajstić information content (AvgIpc) is 3.18. The topological polar surface area (TPSA) is 62.5 Å². The van der Waals surface area contributed by atoms with Crippen LogP contribution in [0.15, 0.2) is 45.9 Å². The van der Waals surface area contributed by atoms with Crippen LogP contribution in [0.4, 0.5) is 0 Å². The van der Waals surface area contributed by atoms with E-state index >= 15 is 0 Å². The van der Waals surface area contributed by atoms with Gasteiger partial charge in [0.05, 0.1) is 12.7 Å². The summed E-state index contributed by atoms with van der Waals surface area (Å²) in [5.74, 6) is 2.38. The Hall–Kier alpha value is -1.57. The van der Waals surface area contributed by atoms with Gasteiger partial charge in [-0.2, -0.15) is 0 Å². The third-order valence-electron chi connectivity index (χ3n) is 4.93. The molecule has 1 aliphatic rings. The highest BCUT2D eigenvalue weighted by atomic mass is 127. The smallest absolute Gasteiger partial charge is 0.213 e. The van der Waals surface area contributed by atoms with Crippen LogP contribution in [0.2, 0.25) is 0 Å². The predicted octanol–water partition coefficient (Wildman–Crippen LogP) is 4.28. The van der Waals surface area contributed by atoms with E-state index < -0.39 is 0 Å². The monoisotopic (exact) mass is 482 g/mol. The van der Waals surface area contributed by atoms with Gasteiger partial charge in [-0.25, -0.2) is 4.98 Å². The fourth-order valence-electron chi connectivity index (χ4n) is 3.01. The second-order valence-electron chi connectivity index (χ2n) is 8.31. The van der Waals surface area contributed by atoms with Crippen LogP contribution in [0.1, 0.15) is 50.8 Å². The van der Waals surface area contributed by atoms with Crippen molar-refractivity contribution in [1.82, 2.24) is 15.6 Å². The molecule has 1 aliphatic carbocycles. The molecule has 1 heterocycles. The highest BCUT2D eigenvalue weighted by Gasteiger charge is 2.42. The van der Waals surface area contributed by atoms with E-state index in [0.29, 0.717) is 17.9 Å². The normalized spacial score (nSPS) is 15.8. The molecule has 0 radical (unpaired) electrons. The number of nitrogens with one attached hydrogen (secondary N) is 2. The molecule has 0 amide bonds. The summed E-state index contributed by atoms with van der Waals surface area (Å²) in [6.07, 6.45) is 5.46. The van der Waals surface area contributed by atoms with Gasteiger partial charge in [0.15, 0.2) is 5.96 Å². The number of aromatic nitrogens is 1. The van der Waals surface area contributed by atoms with Gasteiger partial charge in [-0.05, 0) is 30.2 Å². The van der Waals surface area contributed by atoms with Crippen LogP contribution >= 0.6 is 24.0 Å². The summed E-state index contributed by atoms with van der Waals surface area (Å²) in [6.45, 7) is 7.81. The molecular formula is C21H31IN4O. The first kappa shape index (κ1) is 21.7. The first-order valence-electron chi connectivity index (χ1n) is 9.34. The quantitative estimate of drug-likeness (QED) is 0.367. The average molecular weight is 482 g/mol. The molecule has 0 spiro atoms. The van der Waals surface area contributed by atoms with Gasteiger partial charge in [-0.1, -0.05) is 51.1 Å². The van der Waals surface area contributed by atoms with Crippen LogP contribution in [-0.4, -0.2) is 24.5 Å². The van der Waals surface area contributed by atoms with E-state index in [1.165, 1.54) is 18.4 Å². The molecule has 6 heteroatoms. The zero-order valence-corrected chi connectivity index (χ0v) is 19.0. The fraction of sp³-hybridized carbons (Fsp3) is 0.524. The molecule has 1 saturated carbocycles. The number of hydrogen-bond acceptors (Lipinski definition) is 3. The van der Waals surface area contributed by atoms with Crippen molar-refractivity contribution >= 4 is 29.9 Å². The number of halogens is 1. The first-order chi connectivity index (χ1) is 12.4. The molecule has 27 heavy (non-hydrogen) atoms. The lowest BCUT2D eigenvalue weighted by atomic mass is 9.94. The lowest BCUT2D eigenvalue weighted by molar-refractivity contribution is 0.379. The van der Waals surface area contributed by atoms with E-state index in [-0.39, 0.29) is 29.4 Å². The number of rotatable bonds is 6. The maximum atomic E-state index is 5.82. The summed E-state index contributed by atoms with van der Waals surface area (Å²) < 4.78 is 5.82. The van der Waals surface area contributed by atoms with Gasteiger partial charge in [-0.15, -0.1) is 24.0 Å². The van der Waals surface area contributed by atoms with Crippen LogP contribution in [-0.2, 0) is 18.4 Å². The first-order valence-corrected chi connectivity index (χ1v) is 9.34. The third kappa shape index (κ3) is 6.23. The minimum absolute atomic E-state index is 0. The van der Waals surface area contributed by atoms with Crippen LogP contribution < -0.4 is 10.6 Å². The van der Waals surface area contributed by atoms with Gasteiger partial charge in [0.2, 0.25) is 5.89 Å². The highest BCUT2D eigenvalue weighted by molar-refractivity contribution is 14.0. The molecule has 1 fully saturated rings. The van der Waals surface area contributed by atoms with E-state index in [1.54, 1.807) is 7.05 Å². The molecule has 0 saturated heterocycles. The fourth-order valence-corrected chi connectivity index (χ4v) is 3.01. The second-order valence-corrected chi connectivity index (χ2v) is 8.31. The SMILES string of the molecule is CN=C(NCc1ncc(C(C)(C)C)o1)NCC1(Cc2ccccc2)CC1.I. The van der Waals surface area contributed by atoms with Gasteiger partial charge < -0.3 is 15.1 Å². The van der Waals surface area contributed by atoms with Gasteiger partial charge >= 0.3 is 0 Å². The van der Waals surface area contributed by atoms with Crippen LogP contribution in [0.5, 0.6) is 0 Å². The lowest BCUT2D eigenvalue weighted by Gasteiger charge is -2.18. The van der Waals surface area contributed by atoms with E-state index in [2.05, 4.69) is 71.7 Å². The summed E-state index contributed by atoms with van der Waals surface area (Å²) >= 11 is 0. The molecule has 2 N–H and O–H groups in total. The summed E-state index contributed by atoms with van der Waals surface area (Å²) in [7, 11) is 1.79. The number of nitrogens with zero attached hydrogens (tertiary/aromatic N) is 2. The molecule has 5 nitrogen and oxygen atoms in total. The van der Waals surface area contributed by atoms with Gasteiger partial charge in [0.1, 0.15) is 5.76 Å². The van der Waals surface area contributed by atoms with E-state index in [1.807, 2.05) is 6.20 Å². The molecule has 1 aromatic carbocycles. The molecule has 1 aromatic heterocycles. The van der Waals surface area contributed by atoms with Gasteiger partial charge in [0, 0.05) is 19.0 Å². The third-order valence-corrected chi connectivity index (χ3v) is 4.93. The molecule has 3 rings (SSSR count). The number of guanidine groups is 1. The van der Waals surface area contributed by atoms with Crippen molar-refractivity contribution in [2.24, 2.45) is 10.4 Å². The van der Waals surface area contributed by atoms with E-state index in [0.717, 1.165) is 24.7 Å². The summed E-state index contributed by atoms with van der Waals surface area (Å²) in [5, 5.41) is 6.77. The molecule has 0 bridgehead atoms. The summed E-state index contributed by atoms with van der Waals surface area (Å²) in [6, 6.07) is 10.7. The Balaban J connectivity index is 0.00000261. The standard InChI is InChI=1S/C21H30N4O.HI/c1-20(2,3)17-13-23-18(26-17)14-24-19(22-4)25-15-21(10-11-21)12-16-8-6-5-7-9-16;/h5-9,13H,10-12,14-15H2,1-4H3,(H2,22,24,25);1H. The van der Waals surface area contributed by atoms with Crippen molar-refractivity contribution in [2.75, 3.05) is 13.6 Å². The highest BCUT2D eigenvalue weighted by Crippen LogP contribution is 2.47. The Labute approximate surface area is 179 Å². The summed E-state index contributed by atoms with van der Waals surface area (Å²) in [4.78, 5) is 8.68. The second kappa shape index (κ2) is 9.08. The van der Waals surface area contributed by atoms with Crippen molar-refractivity contribution in [3.63, 3.8) is 0 Å². The Bertz CT molecular complexity index is 745. The molecule has 0 unspecified atom stereocenters. The number of oxazole rings is 1. The molecule has 0 atom stereocenters. The number of benzene rings is 1. The largest absolute Gasteiger partial charge is 0.443 e. The van der Waals surface area contributed by atoms with Crippen molar-refractivity contribution in [2.45, 2.75) is 52.0 Å². The molecule has 148 valence electrons. The van der Waals surface area contributed by atoms with Crippen molar-refractivity contribution in [1.29, 1.82) is 0 Å². The molecular weight excluding hydrogens is 451 g/mol. The van der Waals surface area contributed by atoms with Crippen molar-refractivity contribution < 1.29 is 4.42 Å². The zero-order valence-electron chi connectivity index (χ0n) is 16.7. The van der Waals surface area contributed by atoms with Crippen LogP contribution in [0.3, 0.4) is 0 Å². The van der Waals surface area contributed by atoms with Gasteiger partial charge in [0.25, 0.3) is 0 Å². The maximum absolute atomic E-state index is 5.82. The predicted molar refractivity (Wildman–Crippen MR) is 121 cm³/mol. The molecule has 0 aliphatic heterocycles. The Kier molecular flexibility index (Phi) is 7.31. The molecule has 2 aromatic rings.